The molecule has 1 saturated heterocycles. The number of piperazine rings is 1. The van der Waals surface area contributed by atoms with E-state index in [-0.39, 0.29) is 5.91 Å². The molecule has 1 amide bonds. The number of carbonyl (C=O) groups is 1. The van der Waals surface area contributed by atoms with Crippen LogP contribution in [-0.4, -0.2) is 60.0 Å². The molecule has 4 rings (SSSR count). The van der Waals surface area contributed by atoms with Crippen LogP contribution in [0, 0.1) is 0 Å². The minimum Gasteiger partial charge on any atom is -0.369 e. The summed E-state index contributed by atoms with van der Waals surface area (Å²) in [6.07, 6.45) is 9.39. The van der Waals surface area contributed by atoms with E-state index in [2.05, 4.69) is 49.6 Å². The van der Waals surface area contributed by atoms with Crippen LogP contribution >= 0.6 is 0 Å². The predicted octanol–water partition coefficient (Wildman–Crippen LogP) is 3.23. The highest BCUT2D eigenvalue weighted by molar-refractivity contribution is 6.02. The van der Waals surface area contributed by atoms with Crippen molar-refractivity contribution in [3.05, 3.63) is 42.4 Å². The zero-order chi connectivity index (χ0) is 20.1. The summed E-state index contributed by atoms with van der Waals surface area (Å²) < 4.78 is 0. The third-order valence-electron chi connectivity index (χ3n) is 5.84. The third-order valence-corrected chi connectivity index (χ3v) is 5.84. The van der Waals surface area contributed by atoms with Crippen molar-refractivity contribution in [2.24, 2.45) is 0 Å². The van der Waals surface area contributed by atoms with Gasteiger partial charge in [0.25, 0.3) is 5.91 Å². The van der Waals surface area contributed by atoms with Gasteiger partial charge in [0.15, 0.2) is 0 Å². The molecule has 2 heterocycles. The van der Waals surface area contributed by atoms with Crippen molar-refractivity contribution in [3.63, 3.8) is 0 Å². The van der Waals surface area contributed by atoms with Gasteiger partial charge < -0.3 is 20.4 Å². The summed E-state index contributed by atoms with van der Waals surface area (Å²) in [5, 5.41) is 6.33. The Morgan fingerprint density at radius 2 is 1.69 bits per heavy atom. The van der Waals surface area contributed by atoms with Gasteiger partial charge in [0.05, 0.1) is 12.4 Å². The summed E-state index contributed by atoms with van der Waals surface area (Å²) in [5.41, 5.74) is 2.27. The quantitative estimate of drug-likeness (QED) is 0.811. The van der Waals surface area contributed by atoms with Gasteiger partial charge in [0.2, 0.25) is 0 Å². The Kier molecular flexibility index (Phi) is 6.24. The average Bonchev–Trinajstić information content (AvgIpc) is 2.76. The van der Waals surface area contributed by atoms with Crippen molar-refractivity contribution in [2.45, 2.75) is 38.1 Å². The largest absolute Gasteiger partial charge is 0.369 e. The van der Waals surface area contributed by atoms with Crippen molar-refractivity contribution in [2.75, 3.05) is 48.8 Å². The lowest BCUT2D eigenvalue weighted by Crippen LogP contribution is -2.44. The first-order valence-corrected chi connectivity index (χ1v) is 10.6. The Morgan fingerprint density at radius 1 is 0.966 bits per heavy atom. The second-order valence-electron chi connectivity index (χ2n) is 8.06. The molecule has 2 N–H and O–H groups in total. The van der Waals surface area contributed by atoms with Crippen molar-refractivity contribution < 1.29 is 4.79 Å². The van der Waals surface area contributed by atoms with Crippen LogP contribution in [0.25, 0.3) is 0 Å². The molecule has 0 unspecified atom stereocenters. The standard InChI is InChI=1S/C22H30N6O/c1-27-11-13-28(14-12-27)19-9-7-18(8-10-19)26-22(29)20-15-24-21(16-23-20)25-17-5-3-2-4-6-17/h7-10,15-17H,2-6,11-14H2,1H3,(H,24,25)(H,26,29). The molecule has 1 aromatic carbocycles. The fourth-order valence-electron chi connectivity index (χ4n) is 3.99. The lowest BCUT2D eigenvalue weighted by atomic mass is 9.96. The Morgan fingerprint density at radius 3 is 2.34 bits per heavy atom. The van der Waals surface area contributed by atoms with Crippen LogP contribution in [0.4, 0.5) is 17.2 Å². The van der Waals surface area contributed by atoms with Gasteiger partial charge in [-0.15, -0.1) is 0 Å². The van der Waals surface area contributed by atoms with Gasteiger partial charge in [-0.05, 0) is 44.2 Å². The van der Waals surface area contributed by atoms with Crippen molar-refractivity contribution in [1.82, 2.24) is 14.9 Å². The average molecular weight is 395 g/mol. The Balaban J connectivity index is 1.31. The van der Waals surface area contributed by atoms with Crippen LogP contribution in [0.3, 0.4) is 0 Å². The number of amides is 1. The van der Waals surface area contributed by atoms with E-state index in [1.165, 1.54) is 37.8 Å². The van der Waals surface area contributed by atoms with E-state index < -0.39 is 0 Å². The Bertz CT molecular complexity index is 793. The smallest absolute Gasteiger partial charge is 0.275 e. The van der Waals surface area contributed by atoms with Gasteiger partial charge in [-0.3, -0.25) is 4.79 Å². The number of carbonyl (C=O) groups excluding carboxylic acids is 1. The van der Waals surface area contributed by atoms with E-state index in [0.29, 0.717) is 11.7 Å². The first kappa shape index (κ1) is 19.6. The minimum atomic E-state index is -0.242. The highest BCUT2D eigenvalue weighted by atomic mass is 16.1. The number of hydrogen-bond donors (Lipinski definition) is 2. The van der Waals surface area contributed by atoms with Gasteiger partial charge >= 0.3 is 0 Å². The number of benzene rings is 1. The zero-order valence-corrected chi connectivity index (χ0v) is 17.1. The molecule has 0 bridgehead atoms. The number of aromatic nitrogens is 2. The Labute approximate surface area is 172 Å². The summed E-state index contributed by atoms with van der Waals surface area (Å²) >= 11 is 0. The topological polar surface area (TPSA) is 73.4 Å². The molecule has 154 valence electrons. The highest BCUT2D eigenvalue weighted by Gasteiger charge is 2.16. The number of hydrogen-bond acceptors (Lipinski definition) is 6. The first-order chi connectivity index (χ1) is 14.2. The molecule has 29 heavy (non-hydrogen) atoms. The number of nitrogens with zero attached hydrogens (tertiary/aromatic N) is 4. The number of anilines is 3. The molecular formula is C22H30N6O. The zero-order valence-electron chi connectivity index (χ0n) is 17.1. The van der Waals surface area contributed by atoms with Crippen molar-refractivity contribution in [1.29, 1.82) is 0 Å². The Hall–Kier alpha value is -2.67. The fourth-order valence-corrected chi connectivity index (χ4v) is 3.99. The normalized spacial score (nSPS) is 18.4. The molecule has 1 saturated carbocycles. The van der Waals surface area contributed by atoms with Crippen LogP contribution < -0.4 is 15.5 Å². The minimum absolute atomic E-state index is 0.242. The number of likely N-dealkylation sites (N-methyl/N-ethyl adjacent to an activating group) is 1. The van der Waals surface area contributed by atoms with E-state index in [9.17, 15) is 4.79 Å². The fraction of sp³-hybridized carbons (Fsp3) is 0.500. The van der Waals surface area contributed by atoms with Crippen molar-refractivity contribution in [3.8, 4) is 0 Å². The van der Waals surface area contributed by atoms with Gasteiger partial charge in [-0.25, -0.2) is 9.97 Å². The molecule has 1 aliphatic carbocycles. The molecule has 1 aliphatic heterocycles. The molecule has 0 atom stereocenters. The van der Waals surface area contributed by atoms with E-state index in [4.69, 9.17) is 0 Å². The summed E-state index contributed by atoms with van der Waals surface area (Å²) in [5.74, 6) is 0.499. The molecule has 7 heteroatoms. The summed E-state index contributed by atoms with van der Waals surface area (Å²) in [4.78, 5) is 25.9. The monoisotopic (exact) mass is 394 g/mol. The third kappa shape index (κ3) is 5.23. The molecule has 2 aliphatic rings. The van der Waals surface area contributed by atoms with Gasteiger partial charge in [0, 0.05) is 43.6 Å². The summed E-state index contributed by atoms with van der Waals surface area (Å²) in [6, 6.07) is 8.47. The SMILES string of the molecule is CN1CCN(c2ccc(NC(=O)c3cnc(NC4CCCCC4)cn3)cc2)CC1. The second-order valence-corrected chi connectivity index (χ2v) is 8.06. The lowest BCUT2D eigenvalue weighted by Gasteiger charge is -2.34. The molecule has 2 fully saturated rings. The van der Waals surface area contributed by atoms with Crippen LogP contribution in [0.15, 0.2) is 36.7 Å². The van der Waals surface area contributed by atoms with E-state index in [0.717, 1.165) is 37.7 Å². The molecule has 0 radical (unpaired) electrons. The molecule has 2 aromatic rings. The highest BCUT2D eigenvalue weighted by Crippen LogP contribution is 2.21. The lowest BCUT2D eigenvalue weighted by molar-refractivity contribution is 0.102. The van der Waals surface area contributed by atoms with Crippen LogP contribution in [0.2, 0.25) is 0 Å². The van der Waals surface area contributed by atoms with Crippen LogP contribution in [0.5, 0.6) is 0 Å². The van der Waals surface area contributed by atoms with E-state index in [1.54, 1.807) is 12.4 Å². The molecular weight excluding hydrogens is 364 g/mol. The molecule has 1 aromatic heterocycles. The van der Waals surface area contributed by atoms with Crippen LogP contribution in [-0.2, 0) is 0 Å². The van der Waals surface area contributed by atoms with Gasteiger partial charge in [0.1, 0.15) is 11.5 Å². The maximum Gasteiger partial charge on any atom is 0.275 e. The van der Waals surface area contributed by atoms with E-state index in [1.807, 2.05) is 12.1 Å². The van der Waals surface area contributed by atoms with Crippen LogP contribution in [0.1, 0.15) is 42.6 Å². The van der Waals surface area contributed by atoms with Gasteiger partial charge in [-0.2, -0.15) is 0 Å². The maximum atomic E-state index is 12.5. The van der Waals surface area contributed by atoms with E-state index >= 15 is 0 Å². The second kappa shape index (κ2) is 9.22. The molecule has 7 nitrogen and oxygen atoms in total. The number of rotatable bonds is 5. The predicted molar refractivity (Wildman–Crippen MR) is 117 cm³/mol. The van der Waals surface area contributed by atoms with Gasteiger partial charge in [-0.1, -0.05) is 19.3 Å². The van der Waals surface area contributed by atoms with Crippen molar-refractivity contribution >= 4 is 23.1 Å². The first-order valence-electron chi connectivity index (χ1n) is 10.6. The maximum absolute atomic E-state index is 12.5. The number of nitrogens with one attached hydrogen (secondary N) is 2. The molecule has 0 spiro atoms. The summed E-state index contributed by atoms with van der Waals surface area (Å²) in [7, 11) is 2.15. The summed E-state index contributed by atoms with van der Waals surface area (Å²) in [6.45, 7) is 4.20.